The van der Waals surface area contributed by atoms with Gasteiger partial charge in [0, 0.05) is 27.7 Å². The molecule has 0 radical (unpaired) electrons. The van der Waals surface area contributed by atoms with E-state index in [-0.39, 0.29) is 0 Å². The van der Waals surface area contributed by atoms with Crippen LogP contribution in [0, 0.1) is 0 Å². The van der Waals surface area contributed by atoms with Gasteiger partial charge in [-0.3, -0.25) is 28.8 Å². The maximum Gasteiger partial charge on any atom is 0.359 e. The SMILES string of the molecule is CC(=O)OC(=O)CC(CC(=O)OC(C)=O)(OC(C)=O)C(=O)OC(C)=O. The fraction of sp³-hybridized carbons (Fsp3) is 0.500. The van der Waals surface area contributed by atoms with Gasteiger partial charge < -0.3 is 18.9 Å². The van der Waals surface area contributed by atoms with Crippen LogP contribution in [0.2, 0.25) is 0 Å². The van der Waals surface area contributed by atoms with E-state index in [0.717, 1.165) is 27.7 Å². The van der Waals surface area contributed by atoms with Gasteiger partial charge in [0.05, 0.1) is 12.8 Å². The minimum absolute atomic E-state index is 0.845. The summed E-state index contributed by atoms with van der Waals surface area (Å²) in [4.78, 5) is 79.5. The molecule has 0 atom stereocenters. The van der Waals surface area contributed by atoms with Crippen molar-refractivity contribution in [1.82, 2.24) is 0 Å². The molecule has 0 rings (SSSR count). The van der Waals surface area contributed by atoms with E-state index in [1.807, 2.05) is 0 Å². The van der Waals surface area contributed by atoms with Crippen LogP contribution in [0.3, 0.4) is 0 Å². The van der Waals surface area contributed by atoms with Crippen LogP contribution >= 0.6 is 0 Å². The summed E-state index contributed by atoms with van der Waals surface area (Å²) in [6.07, 6.45) is -2.27. The fourth-order valence-corrected chi connectivity index (χ4v) is 1.68. The molecule has 0 aliphatic rings. The number of ether oxygens (including phenoxy) is 4. The summed E-state index contributed by atoms with van der Waals surface area (Å²) >= 11 is 0. The Morgan fingerprint density at radius 3 is 1.24 bits per heavy atom. The smallest absolute Gasteiger partial charge is 0.359 e. The fourth-order valence-electron chi connectivity index (χ4n) is 1.68. The summed E-state index contributed by atoms with van der Waals surface area (Å²) < 4.78 is 17.5. The Balaban J connectivity index is 5.81. The zero-order valence-corrected chi connectivity index (χ0v) is 13.9. The van der Waals surface area contributed by atoms with Gasteiger partial charge in [-0.05, 0) is 0 Å². The lowest BCUT2D eigenvalue weighted by Gasteiger charge is -2.28. The summed E-state index contributed by atoms with van der Waals surface area (Å²) in [6.45, 7) is 3.48. The van der Waals surface area contributed by atoms with Gasteiger partial charge in [-0.25, -0.2) is 4.79 Å². The number of esters is 7. The molecule has 0 aliphatic carbocycles. The quantitative estimate of drug-likeness (QED) is 0.336. The van der Waals surface area contributed by atoms with E-state index in [1.165, 1.54) is 0 Å². The third-order valence-electron chi connectivity index (χ3n) is 2.32. The normalized spacial score (nSPS) is 10.2. The first-order valence-corrected chi connectivity index (χ1v) is 6.73. The van der Waals surface area contributed by atoms with Crippen LogP contribution < -0.4 is 0 Å². The lowest BCUT2D eigenvalue weighted by molar-refractivity contribution is -0.193. The number of rotatable bonds is 6. The summed E-state index contributed by atoms with van der Waals surface area (Å²) in [5, 5.41) is 0. The minimum Gasteiger partial charge on any atom is -0.446 e. The van der Waals surface area contributed by atoms with Crippen LogP contribution in [0.5, 0.6) is 0 Å². The Hall–Kier alpha value is -3.11. The van der Waals surface area contributed by atoms with E-state index in [2.05, 4.69) is 14.2 Å². The van der Waals surface area contributed by atoms with Gasteiger partial charge in [-0.1, -0.05) is 0 Å². The van der Waals surface area contributed by atoms with Gasteiger partial charge in [-0.2, -0.15) is 0 Å². The molecule has 0 saturated carbocycles. The third kappa shape index (κ3) is 8.34. The second kappa shape index (κ2) is 9.25. The summed E-state index contributed by atoms with van der Waals surface area (Å²) in [7, 11) is 0. The number of carbonyl (C=O) groups excluding carboxylic acids is 7. The zero-order chi connectivity index (χ0) is 19.8. The highest BCUT2D eigenvalue weighted by atomic mass is 16.6. The highest BCUT2D eigenvalue weighted by Crippen LogP contribution is 2.25. The van der Waals surface area contributed by atoms with E-state index in [9.17, 15) is 33.6 Å². The molecule has 0 heterocycles. The van der Waals surface area contributed by atoms with Crippen molar-refractivity contribution in [3.8, 4) is 0 Å². The van der Waals surface area contributed by atoms with Crippen molar-refractivity contribution in [2.45, 2.75) is 46.1 Å². The monoisotopic (exact) mass is 360 g/mol. The molecule has 0 bridgehead atoms. The van der Waals surface area contributed by atoms with Crippen molar-refractivity contribution < 1.29 is 52.5 Å². The zero-order valence-electron chi connectivity index (χ0n) is 13.9. The predicted molar refractivity (Wildman–Crippen MR) is 74.1 cm³/mol. The molecule has 0 aliphatic heterocycles. The summed E-state index contributed by atoms with van der Waals surface area (Å²) in [6, 6.07) is 0. The highest BCUT2D eigenvalue weighted by Gasteiger charge is 2.49. The molecular formula is C14H16O11. The van der Waals surface area contributed by atoms with Gasteiger partial charge in [-0.15, -0.1) is 0 Å². The van der Waals surface area contributed by atoms with Crippen LogP contribution in [0.4, 0.5) is 0 Å². The molecule has 0 unspecified atom stereocenters. The lowest BCUT2D eigenvalue weighted by atomic mass is 9.95. The molecule has 0 aromatic rings. The summed E-state index contributed by atoms with van der Waals surface area (Å²) in [5.74, 6) is -8.57. The van der Waals surface area contributed by atoms with E-state index in [4.69, 9.17) is 4.74 Å². The standard InChI is InChI=1S/C14H16O11/c1-7(15)22-11(19)5-14(25-10(4)18,13(21)24-9(3)17)6-12(20)23-8(2)16/h5-6H2,1-4H3. The van der Waals surface area contributed by atoms with Gasteiger partial charge in [0.2, 0.25) is 5.60 Å². The molecule has 0 spiro atoms. The molecule has 0 N–H and O–H groups in total. The first-order chi connectivity index (χ1) is 11.4. The second-order valence-corrected chi connectivity index (χ2v) is 4.75. The Morgan fingerprint density at radius 2 is 0.960 bits per heavy atom. The number of carbonyl (C=O) groups is 7. The molecular weight excluding hydrogens is 344 g/mol. The Kier molecular flexibility index (Phi) is 8.10. The van der Waals surface area contributed by atoms with Crippen molar-refractivity contribution in [3.63, 3.8) is 0 Å². The molecule has 25 heavy (non-hydrogen) atoms. The molecule has 0 aromatic carbocycles. The molecule has 0 amide bonds. The molecule has 138 valence electrons. The maximum atomic E-state index is 12.1. The van der Waals surface area contributed by atoms with Crippen molar-refractivity contribution >= 4 is 41.8 Å². The van der Waals surface area contributed by atoms with E-state index in [1.54, 1.807) is 0 Å². The van der Waals surface area contributed by atoms with Crippen molar-refractivity contribution in [2.24, 2.45) is 0 Å². The van der Waals surface area contributed by atoms with Crippen LogP contribution in [0.25, 0.3) is 0 Å². The molecule has 11 nitrogen and oxygen atoms in total. The largest absolute Gasteiger partial charge is 0.446 e. The summed E-state index contributed by atoms with van der Waals surface area (Å²) in [5.41, 5.74) is -2.66. The molecule has 11 heteroatoms. The predicted octanol–water partition coefficient (Wildman–Crippen LogP) is -0.662. The van der Waals surface area contributed by atoms with Crippen LogP contribution in [-0.4, -0.2) is 47.4 Å². The van der Waals surface area contributed by atoms with E-state index in [0.29, 0.717) is 0 Å². The first kappa shape index (κ1) is 21.9. The number of hydrogen-bond donors (Lipinski definition) is 0. The number of hydrogen-bond acceptors (Lipinski definition) is 11. The van der Waals surface area contributed by atoms with Crippen molar-refractivity contribution in [3.05, 3.63) is 0 Å². The van der Waals surface area contributed by atoms with Crippen LogP contribution in [-0.2, 0) is 52.5 Å². The van der Waals surface area contributed by atoms with Gasteiger partial charge in [0.1, 0.15) is 0 Å². The van der Waals surface area contributed by atoms with Gasteiger partial charge >= 0.3 is 41.8 Å². The average Bonchev–Trinajstić information content (AvgIpc) is 2.33. The molecule has 0 fully saturated rings. The molecule has 0 aromatic heterocycles. The molecule has 0 saturated heterocycles. The Morgan fingerprint density at radius 1 is 0.600 bits per heavy atom. The van der Waals surface area contributed by atoms with Crippen molar-refractivity contribution in [1.29, 1.82) is 0 Å². The topological polar surface area (TPSA) is 156 Å². The Labute approximate surface area is 141 Å². The van der Waals surface area contributed by atoms with Gasteiger partial charge in [0.25, 0.3) is 0 Å². The Bertz CT molecular complexity index is 586. The van der Waals surface area contributed by atoms with Crippen molar-refractivity contribution in [2.75, 3.05) is 0 Å². The second-order valence-electron chi connectivity index (χ2n) is 4.75. The highest BCUT2D eigenvalue weighted by molar-refractivity contribution is 5.98. The van der Waals surface area contributed by atoms with Crippen LogP contribution in [0.1, 0.15) is 40.5 Å². The van der Waals surface area contributed by atoms with Gasteiger partial charge in [0.15, 0.2) is 0 Å². The minimum atomic E-state index is -2.66. The van der Waals surface area contributed by atoms with E-state index < -0.39 is 60.2 Å². The lowest BCUT2D eigenvalue weighted by Crippen LogP contribution is -2.49. The van der Waals surface area contributed by atoms with Crippen LogP contribution in [0.15, 0.2) is 0 Å². The third-order valence-corrected chi connectivity index (χ3v) is 2.32. The first-order valence-electron chi connectivity index (χ1n) is 6.73. The van der Waals surface area contributed by atoms with E-state index >= 15 is 0 Å². The average molecular weight is 360 g/mol. The maximum absolute atomic E-state index is 12.1.